The van der Waals surface area contributed by atoms with Crippen LogP contribution in [0.4, 0.5) is 0 Å². The molecule has 0 spiro atoms. The van der Waals surface area contributed by atoms with Crippen molar-refractivity contribution < 1.29 is 4.79 Å². The predicted molar refractivity (Wildman–Crippen MR) is 93.9 cm³/mol. The van der Waals surface area contributed by atoms with Gasteiger partial charge >= 0.3 is 0 Å². The van der Waals surface area contributed by atoms with Crippen LogP contribution in [-0.4, -0.2) is 20.7 Å². The van der Waals surface area contributed by atoms with Crippen LogP contribution in [0.1, 0.15) is 40.5 Å². The summed E-state index contributed by atoms with van der Waals surface area (Å²) in [4.78, 5) is 17.1. The second-order valence-corrected chi connectivity index (χ2v) is 6.92. The molecule has 1 aromatic carbocycles. The quantitative estimate of drug-likeness (QED) is 0.797. The lowest BCUT2D eigenvalue weighted by Crippen LogP contribution is -2.31. The maximum absolute atomic E-state index is 12.6. The molecule has 0 saturated carbocycles. The monoisotopic (exact) mass is 338 g/mol. The number of thiazole rings is 1. The van der Waals surface area contributed by atoms with E-state index in [0.29, 0.717) is 5.69 Å². The Hall–Kier alpha value is -2.47. The highest BCUT2D eigenvalue weighted by Crippen LogP contribution is 2.30. The van der Waals surface area contributed by atoms with E-state index >= 15 is 0 Å². The molecular weight excluding hydrogens is 320 g/mol. The average Bonchev–Trinajstić information content (AvgIpc) is 3.24. The number of nitrogens with one attached hydrogen (secondary N) is 1. The molecular formula is C18H18N4OS. The molecule has 1 N–H and O–H groups in total. The molecule has 4 rings (SSSR count). The van der Waals surface area contributed by atoms with E-state index in [4.69, 9.17) is 0 Å². The van der Waals surface area contributed by atoms with Gasteiger partial charge in [-0.3, -0.25) is 9.48 Å². The lowest BCUT2D eigenvalue weighted by Gasteiger charge is -2.26. The van der Waals surface area contributed by atoms with Gasteiger partial charge in [-0.25, -0.2) is 4.98 Å². The van der Waals surface area contributed by atoms with Crippen molar-refractivity contribution >= 4 is 17.2 Å². The predicted octanol–water partition coefficient (Wildman–Crippen LogP) is 3.35. The number of benzene rings is 1. The molecule has 5 nitrogen and oxygen atoms in total. The van der Waals surface area contributed by atoms with Crippen LogP contribution in [-0.2, 0) is 13.5 Å². The van der Waals surface area contributed by atoms with Crippen molar-refractivity contribution in [2.24, 2.45) is 7.05 Å². The number of aromatic nitrogens is 3. The molecule has 0 fully saturated rings. The molecule has 0 saturated heterocycles. The second-order valence-electron chi connectivity index (χ2n) is 6.06. The maximum Gasteiger partial charge on any atom is 0.271 e. The minimum Gasteiger partial charge on any atom is -0.344 e. The SMILES string of the molecule is Cn1cc(-c2nc(C(=O)NC3CCCc4ccccc43)cs2)cn1. The van der Waals surface area contributed by atoms with Gasteiger partial charge in [0.25, 0.3) is 5.91 Å². The third-order valence-electron chi connectivity index (χ3n) is 4.36. The van der Waals surface area contributed by atoms with Crippen molar-refractivity contribution in [3.05, 3.63) is 58.9 Å². The fourth-order valence-electron chi connectivity index (χ4n) is 3.18. The number of amides is 1. The van der Waals surface area contributed by atoms with Crippen molar-refractivity contribution in [3.8, 4) is 10.6 Å². The number of carbonyl (C=O) groups excluding carboxylic acids is 1. The zero-order valence-electron chi connectivity index (χ0n) is 13.4. The van der Waals surface area contributed by atoms with Crippen LogP contribution in [0.3, 0.4) is 0 Å². The van der Waals surface area contributed by atoms with Crippen LogP contribution in [0.15, 0.2) is 42.0 Å². The lowest BCUT2D eigenvalue weighted by molar-refractivity contribution is 0.0928. The number of aryl methyl sites for hydroxylation is 2. The first-order valence-electron chi connectivity index (χ1n) is 8.04. The van der Waals surface area contributed by atoms with Gasteiger partial charge in [-0.1, -0.05) is 24.3 Å². The fourth-order valence-corrected chi connectivity index (χ4v) is 3.95. The summed E-state index contributed by atoms with van der Waals surface area (Å²) in [5.74, 6) is -0.108. The fraction of sp³-hybridized carbons (Fsp3) is 0.278. The zero-order chi connectivity index (χ0) is 16.5. The standard InChI is InChI=1S/C18H18N4OS/c1-22-10-13(9-19-22)18-21-16(11-24-18)17(23)20-15-8-4-6-12-5-2-3-7-14(12)15/h2-3,5,7,9-11,15H,4,6,8H2,1H3,(H,20,23). The molecule has 1 aliphatic rings. The van der Waals surface area contributed by atoms with E-state index in [-0.39, 0.29) is 11.9 Å². The van der Waals surface area contributed by atoms with Crippen LogP contribution >= 0.6 is 11.3 Å². The number of hydrogen-bond donors (Lipinski definition) is 1. The number of hydrogen-bond acceptors (Lipinski definition) is 4. The van der Waals surface area contributed by atoms with Crippen LogP contribution in [0.25, 0.3) is 10.6 Å². The Balaban J connectivity index is 1.52. The van der Waals surface area contributed by atoms with Crippen molar-refractivity contribution in [2.45, 2.75) is 25.3 Å². The second kappa shape index (κ2) is 6.20. The molecule has 0 aliphatic heterocycles. The van der Waals surface area contributed by atoms with Gasteiger partial charge < -0.3 is 5.32 Å². The van der Waals surface area contributed by atoms with Crippen LogP contribution in [0, 0.1) is 0 Å². The first-order valence-corrected chi connectivity index (χ1v) is 8.92. The smallest absolute Gasteiger partial charge is 0.271 e. The summed E-state index contributed by atoms with van der Waals surface area (Å²) in [5, 5.41) is 9.92. The van der Waals surface area contributed by atoms with Crippen molar-refractivity contribution in [2.75, 3.05) is 0 Å². The Morgan fingerprint density at radius 3 is 3.08 bits per heavy atom. The Labute approximate surface area is 144 Å². The Bertz CT molecular complexity index is 883. The maximum atomic E-state index is 12.6. The first kappa shape index (κ1) is 15.1. The molecule has 1 unspecified atom stereocenters. The van der Waals surface area contributed by atoms with Gasteiger partial charge in [0.2, 0.25) is 0 Å². The van der Waals surface area contributed by atoms with E-state index in [2.05, 4.69) is 33.6 Å². The first-order chi connectivity index (χ1) is 11.7. The van der Waals surface area contributed by atoms with E-state index in [1.165, 1.54) is 22.5 Å². The Kier molecular flexibility index (Phi) is 3.90. The van der Waals surface area contributed by atoms with Crippen LogP contribution in [0.2, 0.25) is 0 Å². The van der Waals surface area contributed by atoms with Gasteiger partial charge in [0.1, 0.15) is 10.7 Å². The molecule has 0 bridgehead atoms. The normalized spacial score (nSPS) is 16.6. The van der Waals surface area contributed by atoms with Gasteiger partial charge in [0.05, 0.1) is 12.2 Å². The third-order valence-corrected chi connectivity index (χ3v) is 5.25. The topological polar surface area (TPSA) is 59.8 Å². The van der Waals surface area contributed by atoms with Gasteiger partial charge in [-0.05, 0) is 30.4 Å². The highest BCUT2D eigenvalue weighted by atomic mass is 32.1. The highest BCUT2D eigenvalue weighted by molar-refractivity contribution is 7.13. The molecule has 1 atom stereocenters. The van der Waals surface area contributed by atoms with Gasteiger partial charge in [-0.15, -0.1) is 11.3 Å². The molecule has 3 aromatic rings. The summed E-state index contributed by atoms with van der Waals surface area (Å²) >= 11 is 1.47. The van der Waals surface area contributed by atoms with Crippen LogP contribution < -0.4 is 5.32 Å². The largest absolute Gasteiger partial charge is 0.344 e. The lowest BCUT2D eigenvalue weighted by atomic mass is 9.88. The summed E-state index contributed by atoms with van der Waals surface area (Å²) in [6, 6.07) is 8.43. The minimum atomic E-state index is -0.108. The van der Waals surface area contributed by atoms with Gasteiger partial charge in [0, 0.05) is 24.2 Å². The molecule has 2 aromatic heterocycles. The average molecular weight is 338 g/mol. The van der Waals surface area contributed by atoms with Gasteiger partial charge in [0.15, 0.2) is 0 Å². The number of fused-ring (bicyclic) bond motifs is 1. The minimum absolute atomic E-state index is 0.0750. The summed E-state index contributed by atoms with van der Waals surface area (Å²) in [6.45, 7) is 0. The number of nitrogens with zero attached hydrogens (tertiary/aromatic N) is 3. The zero-order valence-corrected chi connectivity index (χ0v) is 14.2. The third kappa shape index (κ3) is 2.85. The molecule has 1 amide bonds. The van der Waals surface area contributed by atoms with E-state index in [1.54, 1.807) is 10.9 Å². The molecule has 1 aliphatic carbocycles. The molecule has 24 heavy (non-hydrogen) atoms. The number of rotatable bonds is 3. The summed E-state index contributed by atoms with van der Waals surface area (Å²) in [7, 11) is 1.87. The van der Waals surface area contributed by atoms with Crippen molar-refractivity contribution in [1.82, 2.24) is 20.1 Å². The summed E-state index contributed by atoms with van der Waals surface area (Å²) < 4.78 is 1.73. The summed E-state index contributed by atoms with van der Waals surface area (Å²) in [5.41, 5.74) is 3.98. The molecule has 2 heterocycles. The van der Waals surface area contributed by atoms with E-state index < -0.39 is 0 Å². The Morgan fingerprint density at radius 1 is 1.38 bits per heavy atom. The van der Waals surface area contributed by atoms with E-state index in [0.717, 1.165) is 29.8 Å². The van der Waals surface area contributed by atoms with Crippen molar-refractivity contribution in [3.63, 3.8) is 0 Å². The number of carbonyl (C=O) groups is 1. The van der Waals surface area contributed by atoms with Crippen LogP contribution in [0.5, 0.6) is 0 Å². The summed E-state index contributed by atoms with van der Waals surface area (Å²) in [6.07, 6.45) is 6.82. The van der Waals surface area contributed by atoms with E-state index in [9.17, 15) is 4.79 Å². The van der Waals surface area contributed by atoms with Crippen molar-refractivity contribution in [1.29, 1.82) is 0 Å². The molecule has 0 radical (unpaired) electrons. The van der Waals surface area contributed by atoms with Gasteiger partial charge in [-0.2, -0.15) is 5.10 Å². The molecule has 6 heteroatoms. The Morgan fingerprint density at radius 2 is 2.25 bits per heavy atom. The molecule has 122 valence electrons. The highest BCUT2D eigenvalue weighted by Gasteiger charge is 2.23. The van der Waals surface area contributed by atoms with E-state index in [1.807, 2.05) is 24.7 Å².